The monoisotopic (exact) mass is 228 g/mol. The second-order valence-electron chi connectivity index (χ2n) is 3.48. The zero-order valence-electron chi connectivity index (χ0n) is 8.65. The maximum absolute atomic E-state index is 9.50. The van der Waals surface area contributed by atoms with E-state index < -0.39 is 12.0 Å². The third kappa shape index (κ3) is 1.46. The summed E-state index contributed by atoms with van der Waals surface area (Å²) < 4.78 is 1.17. The molecule has 0 spiro atoms. The zero-order chi connectivity index (χ0) is 11.8. The number of aromatic hydroxyl groups is 2. The summed E-state index contributed by atoms with van der Waals surface area (Å²) in [7, 11) is 0. The van der Waals surface area contributed by atoms with Crippen LogP contribution in [-0.4, -0.2) is 29.8 Å². The summed E-state index contributed by atoms with van der Waals surface area (Å²) in [5, 5.41) is 22.7. The van der Waals surface area contributed by atoms with Crippen LogP contribution in [0.5, 0.6) is 12.0 Å². The van der Waals surface area contributed by atoms with Gasteiger partial charge in [0.15, 0.2) is 5.65 Å². The van der Waals surface area contributed by atoms with E-state index in [4.69, 9.17) is 0 Å². The number of nitrogens with zero attached hydrogens (tertiary/aromatic N) is 4. The molecule has 6 nitrogen and oxygen atoms in total. The second kappa shape index (κ2) is 3.44. The zero-order valence-corrected chi connectivity index (χ0v) is 8.65. The lowest BCUT2D eigenvalue weighted by molar-refractivity contribution is 0.374. The van der Waals surface area contributed by atoms with Crippen molar-refractivity contribution >= 4 is 5.65 Å². The molecule has 0 aliphatic carbocycles. The molecular weight excluding hydrogens is 220 g/mol. The summed E-state index contributed by atoms with van der Waals surface area (Å²) in [6.45, 7) is 0. The van der Waals surface area contributed by atoms with Crippen molar-refractivity contribution in [2.45, 2.75) is 0 Å². The Morgan fingerprint density at radius 3 is 2.53 bits per heavy atom. The van der Waals surface area contributed by atoms with E-state index in [1.165, 1.54) is 4.52 Å². The van der Waals surface area contributed by atoms with Crippen LogP contribution in [0.1, 0.15) is 0 Å². The average Bonchev–Trinajstić information content (AvgIpc) is 2.74. The molecule has 17 heavy (non-hydrogen) atoms. The Labute approximate surface area is 95.8 Å². The SMILES string of the molecule is Oc1nc(O)n2ncc(-c3ccccc3)c2n1. The van der Waals surface area contributed by atoms with Crippen molar-refractivity contribution in [1.82, 2.24) is 19.6 Å². The van der Waals surface area contributed by atoms with Gasteiger partial charge in [-0.05, 0) is 5.56 Å². The van der Waals surface area contributed by atoms with Crippen molar-refractivity contribution in [2.24, 2.45) is 0 Å². The summed E-state index contributed by atoms with van der Waals surface area (Å²) in [5.74, 6) is 0. The first-order valence-corrected chi connectivity index (χ1v) is 4.95. The Kier molecular flexibility index (Phi) is 1.94. The smallest absolute Gasteiger partial charge is 0.321 e. The van der Waals surface area contributed by atoms with Gasteiger partial charge in [0.1, 0.15) is 0 Å². The highest BCUT2D eigenvalue weighted by Gasteiger charge is 2.12. The molecule has 0 saturated heterocycles. The van der Waals surface area contributed by atoms with Crippen LogP contribution < -0.4 is 0 Å². The Bertz CT molecular complexity index is 679. The molecule has 0 atom stereocenters. The van der Waals surface area contributed by atoms with Crippen LogP contribution in [0.25, 0.3) is 16.8 Å². The molecule has 6 heteroatoms. The Morgan fingerprint density at radius 1 is 1.00 bits per heavy atom. The van der Waals surface area contributed by atoms with E-state index in [2.05, 4.69) is 15.1 Å². The van der Waals surface area contributed by atoms with Gasteiger partial charge in [-0.1, -0.05) is 30.3 Å². The van der Waals surface area contributed by atoms with Gasteiger partial charge in [0.05, 0.1) is 6.20 Å². The van der Waals surface area contributed by atoms with E-state index in [1.54, 1.807) is 6.20 Å². The van der Waals surface area contributed by atoms with Gasteiger partial charge in [-0.3, -0.25) is 0 Å². The number of benzene rings is 1. The fraction of sp³-hybridized carbons (Fsp3) is 0. The van der Waals surface area contributed by atoms with Gasteiger partial charge in [-0.2, -0.15) is 14.6 Å². The van der Waals surface area contributed by atoms with E-state index in [0.717, 1.165) is 11.1 Å². The summed E-state index contributed by atoms with van der Waals surface area (Å²) in [4.78, 5) is 7.27. The largest absolute Gasteiger partial charge is 0.479 e. The average molecular weight is 228 g/mol. The minimum Gasteiger partial charge on any atom is -0.479 e. The van der Waals surface area contributed by atoms with Gasteiger partial charge in [0.2, 0.25) is 0 Å². The molecule has 0 bridgehead atoms. The van der Waals surface area contributed by atoms with Gasteiger partial charge < -0.3 is 10.2 Å². The van der Waals surface area contributed by atoms with Crippen molar-refractivity contribution in [3.05, 3.63) is 36.5 Å². The van der Waals surface area contributed by atoms with Crippen molar-refractivity contribution < 1.29 is 10.2 Å². The minimum atomic E-state index is -0.479. The molecule has 0 saturated carbocycles. The van der Waals surface area contributed by atoms with E-state index in [0.29, 0.717) is 5.65 Å². The molecule has 2 aromatic heterocycles. The Morgan fingerprint density at radius 2 is 1.76 bits per heavy atom. The molecule has 3 rings (SSSR count). The first-order valence-electron chi connectivity index (χ1n) is 4.95. The molecule has 0 amide bonds. The summed E-state index contributed by atoms with van der Waals surface area (Å²) in [6.07, 6.45) is 1.57. The van der Waals surface area contributed by atoms with E-state index in [1.807, 2.05) is 30.3 Å². The molecule has 2 heterocycles. The Hall–Kier alpha value is -2.63. The van der Waals surface area contributed by atoms with Crippen LogP contribution in [0, 0.1) is 0 Å². The Balaban J connectivity index is 2.32. The summed E-state index contributed by atoms with van der Waals surface area (Å²) >= 11 is 0. The highest BCUT2D eigenvalue weighted by Crippen LogP contribution is 2.25. The molecule has 0 aliphatic rings. The van der Waals surface area contributed by atoms with Gasteiger partial charge in [0, 0.05) is 5.56 Å². The molecule has 84 valence electrons. The third-order valence-corrected chi connectivity index (χ3v) is 2.42. The molecule has 3 aromatic rings. The van der Waals surface area contributed by atoms with Crippen LogP contribution >= 0.6 is 0 Å². The standard InChI is InChI=1S/C11H8N4O2/c16-10-13-9-8(7-4-2-1-3-5-7)6-12-15(9)11(17)14-10/h1-6H,(H2,13,14,16,17). The van der Waals surface area contributed by atoms with Crippen LogP contribution in [0.3, 0.4) is 0 Å². The van der Waals surface area contributed by atoms with E-state index in [-0.39, 0.29) is 0 Å². The van der Waals surface area contributed by atoms with Crippen molar-refractivity contribution in [1.29, 1.82) is 0 Å². The number of hydrogen-bond donors (Lipinski definition) is 2. The molecule has 0 unspecified atom stereocenters. The fourth-order valence-electron chi connectivity index (χ4n) is 1.67. The minimum absolute atomic E-state index is 0.362. The lowest BCUT2D eigenvalue weighted by Gasteiger charge is -1.99. The lowest BCUT2D eigenvalue weighted by Crippen LogP contribution is -1.94. The number of fused-ring (bicyclic) bond motifs is 1. The van der Waals surface area contributed by atoms with Crippen molar-refractivity contribution in [3.63, 3.8) is 0 Å². The maximum Gasteiger partial charge on any atom is 0.321 e. The van der Waals surface area contributed by atoms with Crippen LogP contribution in [0.4, 0.5) is 0 Å². The predicted octanol–water partition coefficient (Wildman–Crippen LogP) is 1.20. The van der Waals surface area contributed by atoms with Crippen molar-refractivity contribution in [2.75, 3.05) is 0 Å². The topological polar surface area (TPSA) is 83.5 Å². The predicted molar refractivity (Wildman–Crippen MR) is 59.5 cm³/mol. The van der Waals surface area contributed by atoms with Gasteiger partial charge in [0.25, 0.3) is 0 Å². The summed E-state index contributed by atoms with van der Waals surface area (Å²) in [6, 6.07) is 8.60. The van der Waals surface area contributed by atoms with Crippen LogP contribution in [0.15, 0.2) is 36.5 Å². The van der Waals surface area contributed by atoms with Crippen LogP contribution in [-0.2, 0) is 0 Å². The second-order valence-corrected chi connectivity index (χ2v) is 3.48. The maximum atomic E-state index is 9.50. The molecule has 0 aliphatic heterocycles. The first-order chi connectivity index (χ1) is 8.25. The van der Waals surface area contributed by atoms with E-state index >= 15 is 0 Å². The highest BCUT2D eigenvalue weighted by molar-refractivity contribution is 5.77. The quantitative estimate of drug-likeness (QED) is 0.653. The molecule has 2 N–H and O–H groups in total. The molecule has 1 aromatic carbocycles. The van der Waals surface area contributed by atoms with Crippen molar-refractivity contribution in [3.8, 4) is 23.1 Å². The van der Waals surface area contributed by atoms with Gasteiger partial charge >= 0.3 is 12.0 Å². The van der Waals surface area contributed by atoms with Crippen LogP contribution in [0.2, 0.25) is 0 Å². The van der Waals surface area contributed by atoms with Gasteiger partial charge in [-0.25, -0.2) is 0 Å². The lowest BCUT2D eigenvalue weighted by atomic mass is 10.1. The fourth-order valence-corrected chi connectivity index (χ4v) is 1.67. The molecular formula is C11H8N4O2. The van der Waals surface area contributed by atoms with E-state index in [9.17, 15) is 10.2 Å². The normalized spacial score (nSPS) is 10.8. The molecule has 0 radical (unpaired) electrons. The number of rotatable bonds is 1. The number of aromatic nitrogens is 4. The van der Waals surface area contributed by atoms with Gasteiger partial charge in [-0.15, -0.1) is 4.98 Å². The third-order valence-electron chi connectivity index (χ3n) is 2.42. The number of hydrogen-bond acceptors (Lipinski definition) is 5. The first kappa shape index (κ1) is 9.59. The molecule has 0 fully saturated rings. The summed E-state index contributed by atoms with van der Waals surface area (Å²) in [5.41, 5.74) is 1.99. The highest BCUT2D eigenvalue weighted by atomic mass is 16.3.